The lowest BCUT2D eigenvalue weighted by Gasteiger charge is -2.12. The van der Waals surface area contributed by atoms with Gasteiger partial charge in [0, 0.05) is 21.7 Å². The van der Waals surface area contributed by atoms with Crippen molar-refractivity contribution in [1.82, 2.24) is 4.98 Å². The van der Waals surface area contributed by atoms with Crippen LogP contribution >= 0.6 is 15.9 Å². The minimum Gasteiger partial charge on any atom is -0.354 e. The molecule has 0 atom stereocenters. The molecule has 4 heteroatoms. The number of hydrogen-bond acceptors (Lipinski definition) is 3. The lowest BCUT2D eigenvalue weighted by Crippen LogP contribution is -1.97. The molecule has 27 heavy (non-hydrogen) atoms. The Bertz CT molecular complexity index is 1130. The van der Waals surface area contributed by atoms with E-state index in [9.17, 15) is 5.26 Å². The van der Waals surface area contributed by atoms with E-state index in [0.29, 0.717) is 5.56 Å². The van der Waals surface area contributed by atoms with Gasteiger partial charge in [0.2, 0.25) is 0 Å². The third-order valence-electron chi connectivity index (χ3n) is 4.43. The summed E-state index contributed by atoms with van der Waals surface area (Å²) in [7, 11) is 0. The zero-order valence-corrected chi connectivity index (χ0v) is 16.1. The van der Waals surface area contributed by atoms with E-state index in [0.717, 1.165) is 33.2 Å². The quantitative estimate of drug-likeness (QED) is 0.432. The van der Waals surface area contributed by atoms with Gasteiger partial charge in [0.05, 0.1) is 16.8 Å². The molecule has 1 aromatic heterocycles. The summed E-state index contributed by atoms with van der Waals surface area (Å²) in [6.07, 6.45) is 2.51. The number of pyridine rings is 1. The van der Waals surface area contributed by atoms with E-state index in [2.05, 4.69) is 68.7 Å². The molecule has 0 unspecified atom stereocenters. The molecular weight excluding hydrogens is 398 g/mol. The van der Waals surface area contributed by atoms with E-state index in [4.69, 9.17) is 0 Å². The summed E-state index contributed by atoms with van der Waals surface area (Å²) in [5.74, 6) is 0. The second kappa shape index (κ2) is 7.61. The number of nitriles is 1. The number of fused-ring (bicyclic) bond motifs is 1. The molecule has 0 bridgehead atoms. The van der Waals surface area contributed by atoms with Crippen LogP contribution < -0.4 is 5.32 Å². The van der Waals surface area contributed by atoms with Gasteiger partial charge in [-0.3, -0.25) is 4.98 Å². The number of benzene rings is 3. The Morgan fingerprint density at radius 1 is 0.926 bits per heavy atom. The highest BCUT2D eigenvalue weighted by atomic mass is 79.9. The van der Waals surface area contributed by atoms with E-state index in [1.807, 2.05) is 36.4 Å². The van der Waals surface area contributed by atoms with E-state index in [1.165, 1.54) is 11.1 Å². The molecule has 4 rings (SSSR count). The zero-order chi connectivity index (χ0) is 18.6. The standard InChI is InChI=1S/C23H16BrN3/c24-19-8-11-21-22(13-19)26-15-18(14-25)23(21)27-20-9-6-17(7-10-20)12-16-4-2-1-3-5-16/h1-11,13,15H,12H2,(H,26,27). The summed E-state index contributed by atoms with van der Waals surface area (Å²) in [6.45, 7) is 0. The second-order valence-corrected chi connectivity index (χ2v) is 7.22. The Morgan fingerprint density at radius 3 is 2.41 bits per heavy atom. The highest BCUT2D eigenvalue weighted by Crippen LogP contribution is 2.30. The van der Waals surface area contributed by atoms with E-state index in [1.54, 1.807) is 6.20 Å². The van der Waals surface area contributed by atoms with Gasteiger partial charge >= 0.3 is 0 Å². The van der Waals surface area contributed by atoms with Gasteiger partial charge < -0.3 is 5.32 Å². The van der Waals surface area contributed by atoms with E-state index >= 15 is 0 Å². The Balaban J connectivity index is 1.63. The predicted molar refractivity (Wildman–Crippen MR) is 113 cm³/mol. The van der Waals surface area contributed by atoms with Crippen molar-refractivity contribution in [3.8, 4) is 6.07 Å². The van der Waals surface area contributed by atoms with Crippen LogP contribution in [0.5, 0.6) is 0 Å². The molecule has 0 fully saturated rings. The van der Waals surface area contributed by atoms with Gasteiger partial charge in [-0.25, -0.2) is 0 Å². The average Bonchev–Trinajstić information content (AvgIpc) is 2.70. The molecule has 0 radical (unpaired) electrons. The molecule has 0 saturated heterocycles. The number of halogens is 1. The molecule has 1 heterocycles. The smallest absolute Gasteiger partial charge is 0.103 e. The number of rotatable bonds is 4. The van der Waals surface area contributed by atoms with Crippen molar-refractivity contribution >= 4 is 38.2 Å². The molecule has 0 aliphatic rings. The van der Waals surface area contributed by atoms with Gasteiger partial charge in [-0.1, -0.05) is 58.4 Å². The summed E-state index contributed by atoms with van der Waals surface area (Å²) in [5, 5.41) is 13.8. The fourth-order valence-electron chi connectivity index (χ4n) is 3.07. The van der Waals surface area contributed by atoms with Crippen LogP contribution in [0.2, 0.25) is 0 Å². The van der Waals surface area contributed by atoms with E-state index in [-0.39, 0.29) is 0 Å². The molecule has 130 valence electrons. The topological polar surface area (TPSA) is 48.7 Å². The predicted octanol–water partition coefficient (Wildman–Crippen LogP) is 6.20. The number of hydrogen-bond donors (Lipinski definition) is 1. The Morgan fingerprint density at radius 2 is 1.67 bits per heavy atom. The number of nitrogens with zero attached hydrogens (tertiary/aromatic N) is 2. The highest BCUT2D eigenvalue weighted by molar-refractivity contribution is 9.10. The monoisotopic (exact) mass is 413 g/mol. The minimum absolute atomic E-state index is 0.526. The zero-order valence-electron chi connectivity index (χ0n) is 14.5. The fourth-order valence-corrected chi connectivity index (χ4v) is 3.42. The molecule has 3 aromatic carbocycles. The SMILES string of the molecule is N#Cc1cnc2cc(Br)ccc2c1Nc1ccc(Cc2ccccc2)cc1. The molecule has 0 aliphatic heterocycles. The van der Waals surface area contributed by atoms with Crippen molar-refractivity contribution in [1.29, 1.82) is 5.26 Å². The highest BCUT2D eigenvalue weighted by Gasteiger charge is 2.10. The first-order chi connectivity index (χ1) is 13.2. The van der Waals surface area contributed by atoms with Crippen LogP contribution in [0.3, 0.4) is 0 Å². The lowest BCUT2D eigenvalue weighted by atomic mass is 10.0. The third-order valence-corrected chi connectivity index (χ3v) is 4.92. The summed E-state index contributed by atoms with van der Waals surface area (Å²) >= 11 is 3.47. The van der Waals surface area contributed by atoms with Gasteiger partial charge in [0.1, 0.15) is 6.07 Å². The van der Waals surface area contributed by atoms with Crippen molar-refractivity contribution < 1.29 is 0 Å². The Kier molecular flexibility index (Phi) is 4.86. The summed E-state index contributed by atoms with van der Waals surface area (Å²) in [5.41, 5.74) is 5.63. The largest absolute Gasteiger partial charge is 0.354 e. The van der Waals surface area contributed by atoms with Crippen LogP contribution in [-0.4, -0.2) is 4.98 Å². The van der Waals surface area contributed by atoms with Crippen LogP contribution in [0.15, 0.2) is 83.5 Å². The maximum Gasteiger partial charge on any atom is 0.103 e. The van der Waals surface area contributed by atoms with Crippen molar-refractivity contribution in [2.45, 2.75) is 6.42 Å². The average molecular weight is 414 g/mol. The van der Waals surface area contributed by atoms with Gasteiger partial charge in [0.15, 0.2) is 0 Å². The van der Waals surface area contributed by atoms with Crippen molar-refractivity contribution in [2.24, 2.45) is 0 Å². The first-order valence-electron chi connectivity index (χ1n) is 8.61. The molecule has 4 aromatic rings. The van der Waals surface area contributed by atoms with Crippen LogP contribution in [0, 0.1) is 11.3 Å². The minimum atomic E-state index is 0.526. The fraction of sp³-hybridized carbons (Fsp3) is 0.0435. The molecule has 1 N–H and O–H groups in total. The molecule has 0 spiro atoms. The molecule has 0 amide bonds. The third kappa shape index (κ3) is 3.84. The summed E-state index contributed by atoms with van der Waals surface area (Å²) in [4.78, 5) is 4.38. The molecule has 3 nitrogen and oxygen atoms in total. The van der Waals surface area contributed by atoms with Gasteiger partial charge in [-0.2, -0.15) is 5.26 Å². The van der Waals surface area contributed by atoms with Gasteiger partial charge in [-0.05, 0) is 47.9 Å². The van der Waals surface area contributed by atoms with Gasteiger partial charge in [0.25, 0.3) is 0 Å². The molecule has 0 aliphatic carbocycles. The summed E-state index contributed by atoms with van der Waals surface area (Å²) in [6, 6.07) is 26.8. The van der Waals surface area contributed by atoms with Crippen molar-refractivity contribution in [3.63, 3.8) is 0 Å². The van der Waals surface area contributed by atoms with Crippen LogP contribution in [0.1, 0.15) is 16.7 Å². The van der Waals surface area contributed by atoms with E-state index < -0.39 is 0 Å². The van der Waals surface area contributed by atoms with Crippen molar-refractivity contribution in [3.05, 3.63) is 100 Å². The van der Waals surface area contributed by atoms with Crippen LogP contribution in [0.25, 0.3) is 10.9 Å². The molecular formula is C23H16BrN3. The summed E-state index contributed by atoms with van der Waals surface area (Å²) < 4.78 is 0.962. The number of anilines is 2. The number of aromatic nitrogens is 1. The maximum absolute atomic E-state index is 9.48. The van der Waals surface area contributed by atoms with Crippen molar-refractivity contribution in [2.75, 3.05) is 5.32 Å². The second-order valence-electron chi connectivity index (χ2n) is 6.30. The number of nitrogens with one attached hydrogen (secondary N) is 1. The first kappa shape index (κ1) is 17.3. The lowest BCUT2D eigenvalue weighted by molar-refractivity contribution is 1.19. The maximum atomic E-state index is 9.48. The first-order valence-corrected chi connectivity index (χ1v) is 9.40. The molecule has 0 saturated carbocycles. The van der Waals surface area contributed by atoms with Gasteiger partial charge in [-0.15, -0.1) is 0 Å². The van der Waals surface area contributed by atoms with Crippen LogP contribution in [0.4, 0.5) is 11.4 Å². The van der Waals surface area contributed by atoms with Crippen LogP contribution in [-0.2, 0) is 6.42 Å². The Hall–Kier alpha value is -3.16. The normalized spacial score (nSPS) is 10.5. The Labute approximate surface area is 166 Å².